The molecule has 24 heavy (non-hydrogen) atoms. The van der Waals surface area contributed by atoms with Crippen LogP contribution in [0.1, 0.15) is 5.56 Å². The van der Waals surface area contributed by atoms with E-state index in [9.17, 15) is 0 Å². The van der Waals surface area contributed by atoms with Crippen LogP contribution in [-0.2, 0) is 5.75 Å². The van der Waals surface area contributed by atoms with E-state index in [2.05, 4.69) is 41.6 Å². The molecule has 0 bridgehead atoms. The van der Waals surface area contributed by atoms with Gasteiger partial charge in [-0.25, -0.2) is 0 Å². The summed E-state index contributed by atoms with van der Waals surface area (Å²) < 4.78 is 5.71. The van der Waals surface area contributed by atoms with Crippen LogP contribution >= 0.6 is 70.6 Å². The number of rotatable bonds is 4. The molecular formula is C17H13NS6. The summed E-state index contributed by atoms with van der Waals surface area (Å²) in [6, 6.07) is 12.8. The lowest BCUT2D eigenvalue weighted by atomic mass is 10.3. The first-order chi connectivity index (χ1) is 11.8. The maximum atomic E-state index is 4.21. The second kappa shape index (κ2) is 8.10. The van der Waals surface area contributed by atoms with E-state index < -0.39 is 0 Å². The highest BCUT2D eigenvalue weighted by Crippen LogP contribution is 2.63. The summed E-state index contributed by atoms with van der Waals surface area (Å²) in [5.74, 6) is 0.976. The molecule has 2 aliphatic rings. The second-order valence-electron chi connectivity index (χ2n) is 4.86. The van der Waals surface area contributed by atoms with Crippen LogP contribution in [-0.4, -0.2) is 11.2 Å². The Balaban J connectivity index is 1.48. The lowest BCUT2D eigenvalue weighted by Gasteiger charge is -2.03. The minimum absolute atomic E-state index is 0.976. The Kier molecular flexibility index (Phi) is 5.86. The van der Waals surface area contributed by atoms with Crippen molar-refractivity contribution in [3.63, 3.8) is 0 Å². The zero-order chi connectivity index (χ0) is 16.4. The zero-order valence-corrected chi connectivity index (χ0v) is 17.6. The fourth-order valence-electron chi connectivity index (χ4n) is 2.12. The largest absolute Gasteiger partial charge is 0.264 e. The highest BCUT2D eigenvalue weighted by molar-refractivity contribution is 8.41. The van der Waals surface area contributed by atoms with Gasteiger partial charge in [-0.1, -0.05) is 65.2 Å². The minimum Gasteiger partial charge on any atom is -0.264 e. The highest BCUT2D eigenvalue weighted by atomic mass is 32.3. The monoisotopic (exact) mass is 423 g/mol. The smallest absolute Gasteiger partial charge is 0.0717 e. The fraction of sp³-hybridized carbons (Fsp3) is 0.118. The number of fused-ring (bicyclic) bond motifs is 1. The summed E-state index contributed by atoms with van der Waals surface area (Å²) in [4.78, 5) is 6.97. The number of nitrogens with zero attached hydrogens (tertiary/aromatic N) is 1. The van der Waals surface area contributed by atoms with Crippen molar-refractivity contribution in [2.45, 2.75) is 15.5 Å². The van der Waals surface area contributed by atoms with Gasteiger partial charge >= 0.3 is 0 Å². The van der Waals surface area contributed by atoms with Crippen LogP contribution in [0.15, 0.2) is 75.5 Å². The molecule has 0 fully saturated rings. The predicted octanol–water partition coefficient (Wildman–Crippen LogP) is 7.31. The van der Waals surface area contributed by atoms with E-state index in [0.717, 1.165) is 5.75 Å². The third-order valence-electron chi connectivity index (χ3n) is 3.24. The number of hydrogen-bond donors (Lipinski definition) is 0. The molecule has 3 heterocycles. The van der Waals surface area contributed by atoms with E-state index in [0.29, 0.717) is 0 Å². The van der Waals surface area contributed by atoms with Crippen molar-refractivity contribution in [3.8, 4) is 0 Å². The number of hydrogen-bond acceptors (Lipinski definition) is 7. The quantitative estimate of drug-likeness (QED) is 0.504. The van der Waals surface area contributed by atoms with E-state index in [-0.39, 0.29) is 0 Å². The summed E-state index contributed by atoms with van der Waals surface area (Å²) in [5, 5.41) is 0. The Morgan fingerprint density at radius 2 is 1.58 bits per heavy atom. The van der Waals surface area contributed by atoms with Gasteiger partial charge in [-0.15, -0.1) is 23.5 Å². The van der Waals surface area contributed by atoms with Gasteiger partial charge in [0.05, 0.1) is 16.9 Å². The molecule has 0 spiro atoms. The number of pyridine rings is 1. The molecule has 1 nitrogen and oxygen atoms in total. The first-order valence-electron chi connectivity index (χ1n) is 7.18. The third-order valence-corrected chi connectivity index (χ3v) is 11.8. The number of thioether (sulfide) groups is 6. The van der Waals surface area contributed by atoms with Crippen molar-refractivity contribution in [1.82, 2.24) is 4.98 Å². The van der Waals surface area contributed by atoms with Crippen LogP contribution in [0.3, 0.4) is 0 Å². The Labute approximate surface area is 167 Å². The van der Waals surface area contributed by atoms with Gasteiger partial charge in [-0.3, -0.25) is 4.98 Å². The summed E-state index contributed by atoms with van der Waals surface area (Å²) in [7, 11) is 0. The Morgan fingerprint density at radius 1 is 0.875 bits per heavy atom. The van der Waals surface area contributed by atoms with Crippen LogP contribution < -0.4 is 0 Å². The van der Waals surface area contributed by atoms with E-state index in [1.165, 1.54) is 32.3 Å². The molecular weight excluding hydrogens is 411 g/mol. The van der Waals surface area contributed by atoms with Crippen molar-refractivity contribution in [2.75, 3.05) is 6.26 Å². The molecule has 122 valence electrons. The highest BCUT2D eigenvalue weighted by Gasteiger charge is 2.28. The normalized spacial score (nSPS) is 16.9. The van der Waals surface area contributed by atoms with Crippen LogP contribution in [0.2, 0.25) is 0 Å². The van der Waals surface area contributed by atoms with Gasteiger partial charge in [0, 0.05) is 27.9 Å². The van der Waals surface area contributed by atoms with Crippen LogP contribution in [0.5, 0.6) is 0 Å². The Morgan fingerprint density at radius 3 is 2.25 bits per heavy atom. The molecule has 0 radical (unpaired) electrons. The molecule has 1 aromatic heterocycles. The average molecular weight is 424 g/mol. The molecule has 0 unspecified atom stereocenters. The summed E-state index contributed by atoms with van der Waals surface area (Å²) in [5.41, 5.74) is 1.28. The van der Waals surface area contributed by atoms with E-state index in [4.69, 9.17) is 0 Å². The van der Waals surface area contributed by atoms with E-state index in [1.807, 2.05) is 89.0 Å². The molecule has 2 aliphatic heterocycles. The van der Waals surface area contributed by atoms with Gasteiger partial charge in [0.2, 0.25) is 0 Å². The molecule has 0 amide bonds. The lowest BCUT2D eigenvalue weighted by Crippen LogP contribution is -1.81. The first kappa shape index (κ1) is 17.4. The number of aromatic nitrogens is 1. The van der Waals surface area contributed by atoms with Gasteiger partial charge in [0.1, 0.15) is 0 Å². The molecule has 0 N–H and O–H groups in total. The van der Waals surface area contributed by atoms with E-state index >= 15 is 0 Å². The molecule has 0 atom stereocenters. The molecule has 0 saturated heterocycles. The Hall–Kier alpha value is -0.0500. The second-order valence-corrected chi connectivity index (χ2v) is 11.8. The van der Waals surface area contributed by atoms with Crippen LogP contribution in [0.25, 0.3) is 0 Å². The van der Waals surface area contributed by atoms with Crippen molar-refractivity contribution >= 4 is 70.6 Å². The van der Waals surface area contributed by atoms with Gasteiger partial charge < -0.3 is 0 Å². The maximum absolute atomic E-state index is 4.21. The first-order valence-corrected chi connectivity index (χ1v) is 12.7. The summed E-state index contributed by atoms with van der Waals surface area (Å²) in [6.45, 7) is 0. The molecule has 2 aromatic rings. The number of benzene rings is 1. The van der Waals surface area contributed by atoms with Gasteiger partial charge in [0.25, 0.3) is 0 Å². The predicted molar refractivity (Wildman–Crippen MR) is 116 cm³/mol. The topological polar surface area (TPSA) is 12.9 Å². The molecule has 1 aromatic carbocycles. The third kappa shape index (κ3) is 3.86. The summed E-state index contributed by atoms with van der Waals surface area (Å²) in [6.07, 6.45) is 5.96. The van der Waals surface area contributed by atoms with Gasteiger partial charge in [0.15, 0.2) is 0 Å². The van der Waals surface area contributed by atoms with Crippen LogP contribution in [0, 0.1) is 0 Å². The van der Waals surface area contributed by atoms with E-state index in [1.54, 1.807) is 0 Å². The van der Waals surface area contributed by atoms with Gasteiger partial charge in [-0.05, 0) is 30.0 Å². The standard InChI is InChI=1S/C17H13NS6/c1-19-14-15(20-10-11-5-4-8-18-9-11)24-17(23-14)16-21-12-6-2-3-7-13(12)22-16/h2-9H,10H2,1H3. The van der Waals surface area contributed by atoms with Crippen molar-refractivity contribution in [3.05, 3.63) is 71.3 Å². The van der Waals surface area contributed by atoms with Crippen molar-refractivity contribution < 1.29 is 0 Å². The fourth-order valence-corrected chi connectivity index (χ4v) is 10.3. The van der Waals surface area contributed by atoms with Crippen molar-refractivity contribution in [2.24, 2.45) is 0 Å². The average Bonchev–Trinajstić information content (AvgIpc) is 3.24. The summed E-state index contributed by atoms with van der Waals surface area (Å²) >= 11 is 11.5. The lowest BCUT2D eigenvalue weighted by molar-refractivity contribution is 1.25. The molecule has 0 aliphatic carbocycles. The minimum atomic E-state index is 0.976. The van der Waals surface area contributed by atoms with Gasteiger partial charge in [-0.2, -0.15) is 0 Å². The Bertz CT molecular complexity index is 788. The molecule has 4 rings (SSSR count). The van der Waals surface area contributed by atoms with Crippen molar-refractivity contribution in [1.29, 1.82) is 0 Å². The zero-order valence-electron chi connectivity index (χ0n) is 12.7. The molecule has 7 heteroatoms. The molecule has 0 saturated carbocycles. The van der Waals surface area contributed by atoms with Crippen LogP contribution in [0.4, 0.5) is 0 Å². The maximum Gasteiger partial charge on any atom is 0.0717 e. The SMILES string of the molecule is CSC1=C(SCc2cccnc2)SC(=C2Sc3ccccc3S2)S1.